The molecule has 1 aromatic carbocycles. The largest absolute Gasteiger partial charge is 0.425 e. The van der Waals surface area contributed by atoms with Gasteiger partial charge < -0.3 is 4.74 Å². The normalized spacial score (nSPS) is 22.0. The molecule has 0 aromatic heterocycles. The fourth-order valence-electron chi connectivity index (χ4n) is 2.93. The highest BCUT2D eigenvalue weighted by Crippen LogP contribution is 2.32. The number of esters is 1. The van der Waals surface area contributed by atoms with Crippen LogP contribution in [-0.4, -0.2) is 5.97 Å². The van der Waals surface area contributed by atoms with E-state index in [-0.39, 0.29) is 11.9 Å². The fourth-order valence-corrected chi connectivity index (χ4v) is 2.93. The van der Waals surface area contributed by atoms with Crippen LogP contribution in [0.3, 0.4) is 0 Å². The van der Waals surface area contributed by atoms with E-state index in [1.165, 1.54) is 12.8 Å². The SMILES string of the molecule is CCCC1CCC(C(=O)Oc2ccccc2C#N)CC1. The quantitative estimate of drug-likeness (QED) is 0.612. The standard InChI is InChI=1S/C17H21NO2/c1-2-5-13-8-10-14(11-9-13)17(19)20-16-7-4-3-6-15(16)12-18/h3-4,6-7,13-14H,2,5,8-11H2,1H3. The van der Waals surface area contributed by atoms with Crippen LogP contribution in [0.1, 0.15) is 51.0 Å². The van der Waals surface area contributed by atoms with Gasteiger partial charge in [0.15, 0.2) is 0 Å². The van der Waals surface area contributed by atoms with Crippen molar-refractivity contribution < 1.29 is 9.53 Å². The number of hydrogen-bond acceptors (Lipinski definition) is 3. The summed E-state index contributed by atoms with van der Waals surface area (Å²) in [7, 11) is 0. The number of nitrogens with zero attached hydrogens (tertiary/aromatic N) is 1. The first kappa shape index (κ1) is 14.6. The molecular formula is C17H21NO2. The van der Waals surface area contributed by atoms with Crippen molar-refractivity contribution in [1.29, 1.82) is 5.26 Å². The minimum atomic E-state index is -0.178. The van der Waals surface area contributed by atoms with Gasteiger partial charge in [0.1, 0.15) is 11.8 Å². The van der Waals surface area contributed by atoms with Crippen LogP contribution in [0.4, 0.5) is 0 Å². The first-order valence-electron chi connectivity index (χ1n) is 7.45. The third-order valence-corrected chi connectivity index (χ3v) is 4.10. The average molecular weight is 271 g/mol. The molecule has 0 radical (unpaired) electrons. The number of hydrogen-bond donors (Lipinski definition) is 0. The van der Waals surface area contributed by atoms with Crippen LogP contribution in [0.2, 0.25) is 0 Å². The summed E-state index contributed by atoms with van der Waals surface area (Å²) in [5, 5.41) is 8.99. The van der Waals surface area contributed by atoms with Gasteiger partial charge in [0, 0.05) is 0 Å². The van der Waals surface area contributed by atoms with Crippen molar-refractivity contribution in [2.24, 2.45) is 11.8 Å². The van der Waals surface area contributed by atoms with Crippen molar-refractivity contribution in [3.05, 3.63) is 29.8 Å². The number of carbonyl (C=O) groups excluding carboxylic acids is 1. The summed E-state index contributed by atoms with van der Waals surface area (Å²) in [5.41, 5.74) is 0.417. The Morgan fingerprint density at radius 3 is 2.65 bits per heavy atom. The summed E-state index contributed by atoms with van der Waals surface area (Å²) in [6.45, 7) is 2.21. The second-order valence-corrected chi connectivity index (χ2v) is 5.54. The van der Waals surface area contributed by atoms with Crippen LogP contribution in [0.15, 0.2) is 24.3 Å². The highest BCUT2D eigenvalue weighted by molar-refractivity contribution is 5.75. The molecule has 3 nitrogen and oxygen atoms in total. The number of ether oxygens (including phenoxy) is 1. The molecule has 3 heteroatoms. The van der Waals surface area contributed by atoms with Gasteiger partial charge in [0.25, 0.3) is 0 Å². The Balaban J connectivity index is 1.92. The van der Waals surface area contributed by atoms with Gasteiger partial charge in [0.2, 0.25) is 0 Å². The van der Waals surface area contributed by atoms with Crippen LogP contribution in [0.25, 0.3) is 0 Å². The van der Waals surface area contributed by atoms with E-state index in [2.05, 4.69) is 13.0 Å². The summed E-state index contributed by atoms with van der Waals surface area (Å²) in [4.78, 5) is 12.2. The smallest absolute Gasteiger partial charge is 0.314 e. The summed E-state index contributed by atoms with van der Waals surface area (Å²) in [6, 6.07) is 8.95. The van der Waals surface area contributed by atoms with Crippen molar-refractivity contribution >= 4 is 5.97 Å². The van der Waals surface area contributed by atoms with E-state index in [0.29, 0.717) is 11.3 Å². The van der Waals surface area contributed by atoms with E-state index >= 15 is 0 Å². The summed E-state index contributed by atoms with van der Waals surface area (Å²) in [5.74, 6) is 0.976. The van der Waals surface area contributed by atoms with Gasteiger partial charge >= 0.3 is 5.97 Å². The third kappa shape index (κ3) is 3.60. The zero-order valence-electron chi connectivity index (χ0n) is 12.0. The maximum Gasteiger partial charge on any atom is 0.314 e. The molecule has 0 spiro atoms. The molecule has 1 aromatic rings. The maximum absolute atomic E-state index is 12.2. The minimum absolute atomic E-state index is 0.00476. The Labute approximate surface area is 120 Å². The number of benzene rings is 1. The van der Waals surface area contributed by atoms with Crippen molar-refractivity contribution in [2.45, 2.75) is 45.4 Å². The Bertz CT molecular complexity index is 496. The van der Waals surface area contributed by atoms with E-state index in [4.69, 9.17) is 10.00 Å². The van der Waals surface area contributed by atoms with Crippen LogP contribution in [0.5, 0.6) is 5.75 Å². The topological polar surface area (TPSA) is 50.1 Å². The van der Waals surface area contributed by atoms with Crippen molar-refractivity contribution in [1.82, 2.24) is 0 Å². The molecule has 1 fully saturated rings. The molecule has 0 atom stereocenters. The number of rotatable bonds is 4. The zero-order chi connectivity index (χ0) is 14.4. The highest BCUT2D eigenvalue weighted by atomic mass is 16.5. The lowest BCUT2D eigenvalue weighted by molar-refractivity contribution is -0.140. The van der Waals surface area contributed by atoms with Crippen molar-refractivity contribution in [2.75, 3.05) is 0 Å². The lowest BCUT2D eigenvalue weighted by atomic mass is 9.80. The van der Waals surface area contributed by atoms with Gasteiger partial charge in [-0.05, 0) is 43.7 Å². The Morgan fingerprint density at radius 1 is 1.30 bits per heavy atom. The first-order chi connectivity index (χ1) is 9.74. The second kappa shape index (κ2) is 7.09. The first-order valence-corrected chi connectivity index (χ1v) is 7.45. The molecule has 1 aliphatic rings. The van der Waals surface area contributed by atoms with Gasteiger partial charge in [-0.25, -0.2) is 0 Å². The molecule has 0 heterocycles. The van der Waals surface area contributed by atoms with Crippen LogP contribution >= 0.6 is 0 Å². The minimum Gasteiger partial charge on any atom is -0.425 e. The van der Waals surface area contributed by atoms with Crippen molar-refractivity contribution in [3.63, 3.8) is 0 Å². The van der Waals surface area contributed by atoms with Gasteiger partial charge in [-0.3, -0.25) is 4.79 Å². The van der Waals surface area contributed by atoms with E-state index in [1.54, 1.807) is 24.3 Å². The van der Waals surface area contributed by atoms with E-state index in [9.17, 15) is 4.79 Å². The predicted octanol–water partition coefficient (Wildman–Crippen LogP) is 4.07. The second-order valence-electron chi connectivity index (χ2n) is 5.54. The third-order valence-electron chi connectivity index (χ3n) is 4.10. The van der Waals surface area contributed by atoms with E-state index in [0.717, 1.165) is 31.6 Å². The molecule has 2 rings (SSSR count). The molecule has 0 saturated heterocycles. The molecule has 1 aliphatic carbocycles. The van der Waals surface area contributed by atoms with E-state index in [1.807, 2.05) is 0 Å². The number of nitriles is 1. The molecule has 0 amide bonds. The van der Waals surface area contributed by atoms with Crippen LogP contribution in [0, 0.1) is 23.2 Å². The van der Waals surface area contributed by atoms with Crippen LogP contribution in [-0.2, 0) is 4.79 Å². The van der Waals surface area contributed by atoms with Crippen molar-refractivity contribution in [3.8, 4) is 11.8 Å². The zero-order valence-corrected chi connectivity index (χ0v) is 12.0. The molecule has 0 bridgehead atoms. The maximum atomic E-state index is 12.2. The fraction of sp³-hybridized carbons (Fsp3) is 0.529. The Morgan fingerprint density at radius 2 is 2.00 bits per heavy atom. The molecule has 0 aliphatic heterocycles. The monoisotopic (exact) mass is 271 g/mol. The Kier molecular flexibility index (Phi) is 5.17. The number of carbonyl (C=O) groups is 1. The summed E-state index contributed by atoms with van der Waals surface area (Å²) >= 11 is 0. The summed E-state index contributed by atoms with van der Waals surface area (Å²) < 4.78 is 5.41. The molecule has 106 valence electrons. The summed E-state index contributed by atoms with van der Waals surface area (Å²) in [6.07, 6.45) is 6.55. The van der Waals surface area contributed by atoms with Gasteiger partial charge in [-0.15, -0.1) is 0 Å². The highest BCUT2D eigenvalue weighted by Gasteiger charge is 2.27. The molecule has 0 unspecified atom stereocenters. The Hall–Kier alpha value is -1.82. The van der Waals surface area contributed by atoms with Gasteiger partial charge in [-0.2, -0.15) is 5.26 Å². The molecule has 20 heavy (non-hydrogen) atoms. The van der Waals surface area contributed by atoms with Crippen LogP contribution < -0.4 is 4.74 Å². The lowest BCUT2D eigenvalue weighted by Crippen LogP contribution is -2.25. The molecular weight excluding hydrogens is 250 g/mol. The lowest BCUT2D eigenvalue weighted by Gasteiger charge is -2.26. The molecule has 0 N–H and O–H groups in total. The predicted molar refractivity (Wildman–Crippen MR) is 77.1 cm³/mol. The van der Waals surface area contributed by atoms with Gasteiger partial charge in [-0.1, -0.05) is 31.9 Å². The van der Waals surface area contributed by atoms with E-state index < -0.39 is 0 Å². The average Bonchev–Trinajstić information content (AvgIpc) is 2.49. The number of para-hydroxylation sites is 1. The molecule has 1 saturated carbocycles. The van der Waals surface area contributed by atoms with Gasteiger partial charge in [0.05, 0.1) is 11.5 Å².